The molecule has 0 radical (unpaired) electrons. The number of hydrogen-bond donors (Lipinski definition) is 0. The minimum atomic E-state index is -3.23. The van der Waals surface area contributed by atoms with E-state index in [-0.39, 0.29) is 12.0 Å². The molecule has 0 spiro atoms. The molecule has 0 aromatic heterocycles. The molecule has 1 fully saturated rings. The van der Waals surface area contributed by atoms with Gasteiger partial charge in [0.1, 0.15) is 5.78 Å². The van der Waals surface area contributed by atoms with Gasteiger partial charge in [0, 0.05) is 25.4 Å². The van der Waals surface area contributed by atoms with Gasteiger partial charge in [0.05, 0.1) is 5.25 Å². The first kappa shape index (κ1) is 22.1. The van der Waals surface area contributed by atoms with E-state index in [0.717, 1.165) is 37.7 Å². The number of ketones is 1. The van der Waals surface area contributed by atoms with E-state index in [1.54, 1.807) is 20.9 Å². The normalized spacial score (nSPS) is 21.0. The van der Waals surface area contributed by atoms with Crippen LogP contribution in [0.15, 0.2) is 24.3 Å². The van der Waals surface area contributed by atoms with Gasteiger partial charge in [-0.05, 0) is 63.5 Å². The van der Waals surface area contributed by atoms with Crippen molar-refractivity contribution >= 4 is 15.8 Å². The molecule has 0 bridgehead atoms. The van der Waals surface area contributed by atoms with Gasteiger partial charge in [-0.3, -0.25) is 4.79 Å². The van der Waals surface area contributed by atoms with Crippen molar-refractivity contribution in [2.24, 2.45) is 5.92 Å². The number of aryl methyl sites for hydroxylation is 1. The molecule has 1 aromatic rings. The van der Waals surface area contributed by atoms with Crippen molar-refractivity contribution < 1.29 is 13.2 Å². The van der Waals surface area contributed by atoms with Gasteiger partial charge in [0.25, 0.3) is 0 Å². The molecular weight excluding hydrogens is 358 g/mol. The van der Waals surface area contributed by atoms with Crippen molar-refractivity contribution in [1.82, 2.24) is 4.31 Å². The molecule has 5 heteroatoms. The first-order valence-electron chi connectivity index (χ1n) is 10.3. The van der Waals surface area contributed by atoms with Gasteiger partial charge in [-0.2, -0.15) is 0 Å². The molecule has 1 saturated carbocycles. The van der Waals surface area contributed by atoms with Gasteiger partial charge in [0.2, 0.25) is 10.0 Å². The topological polar surface area (TPSA) is 54.5 Å². The summed E-state index contributed by atoms with van der Waals surface area (Å²) in [7, 11) is -1.54. The lowest BCUT2D eigenvalue weighted by molar-refractivity contribution is -0.123. The zero-order valence-corrected chi connectivity index (χ0v) is 18.1. The third-order valence-electron chi connectivity index (χ3n) is 5.88. The maximum Gasteiger partial charge on any atom is 0.216 e. The Labute approximate surface area is 165 Å². The van der Waals surface area contributed by atoms with E-state index in [4.69, 9.17) is 0 Å². The average Bonchev–Trinajstić information content (AvgIpc) is 2.66. The van der Waals surface area contributed by atoms with E-state index in [0.29, 0.717) is 12.2 Å². The number of benzene rings is 1. The van der Waals surface area contributed by atoms with Gasteiger partial charge in [-0.1, -0.05) is 37.6 Å². The monoisotopic (exact) mass is 393 g/mol. The van der Waals surface area contributed by atoms with Crippen LogP contribution in [0.2, 0.25) is 0 Å². The van der Waals surface area contributed by atoms with E-state index >= 15 is 0 Å². The number of Topliss-reactive ketones (excluding diaryl/α,β-unsaturated/α-hetero) is 1. The number of sulfonamides is 1. The van der Waals surface area contributed by atoms with E-state index in [1.165, 1.54) is 22.7 Å². The van der Waals surface area contributed by atoms with Crippen LogP contribution in [0.5, 0.6) is 0 Å². The predicted molar refractivity (Wildman–Crippen MR) is 111 cm³/mol. The van der Waals surface area contributed by atoms with Crippen molar-refractivity contribution in [1.29, 1.82) is 0 Å². The summed E-state index contributed by atoms with van der Waals surface area (Å²) in [6, 6.07) is 8.47. The van der Waals surface area contributed by atoms with E-state index in [9.17, 15) is 13.2 Å². The molecule has 0 N–H and O–H groups in total. The van der Waals surface area contributed by atoms with Gasteiger partial charge < -0.3 is 0 Å². The summed E-state index contributed by atoms with van der Waals surface area (Å²) in [5.41, 5.74) is 2.42. The van der Waals surface area contributed by atoms with E-state index in [1.807, 2.05) is 0 Å². The second-order valence-corrected chi connectivity index (χ2v) is 10.7. The Bertz CT molecular complexity index is 702. The Morgan fingerprint density at radius 2 is 1.63 bits per heavy atom. The summed E-state index contributed by atoms with van der Waals surface area (Å²) in [5.74, 6) is 0.361. The van der Waals surface area contributed by atoms with Crippen molar-refractivity contribution in [3.63, 3.8) is 0 Å². The fourth-order valence-corrected chi connectivity index (χ4v) is 5.14. The van der Waals surface area contributed by atoms with Crippen LogP contribution in [0.25, 0.3) is 0 Å². The average molecular weight is 394 g/mol. The molecule has 1 aliphatic carbocycles. The summed E-state index contributed by atoms with van der Waals surface area (Å²) < 4.78 is 26.2. The Kier molecular flexibility index (Phi) is 8.04. The SMILES string of the molecule is CCCCc1ccc(CC(=O)C2CCC(N(C)S(=O)(=O)C(C)C)CC2)cc1. The Morgan fingerprint density at radius 3 is 2.15 bits per heavy atom. The van der Waals surface area contributed by atoms with Crippen molar-refractivity contribution in [2.75, 3.05) is 7.05 Å². The lowest BCUT2D eigenvalue weighted by Gasteiger charge is -2.34. The quantitative estimate of drug-likeness (QED) is 0.626. The molecule has 0 saturated heterocycles. The molecule has 0 atom stereocenters. The highest BCUT2D eigenvalue weighted by molar-refractivity contribution is 7.89. The third kappa shape index (κ3) is 5.89. The summed E-state index contributed by atoms with van der Waals surface area (Å²) in [6.07, 6.45) is 7.10. The first-order valence-corrected chi connectivity index (χ1v) is 11.8. The van der Waals surface area contributed by atoms with Crippen LogP contribution in [0.1, 0.15) is 70.4 Å². The van der Waals surface area contributed by atoms with Crippen LogP contribution in [0.4, 0.5) is 0 Å². The van der Waals surface area contributed by atoms with Gasteiger partial charge in [-0.15, -0.1) is 0 Å². The fourth-order valence-electron chi connectivity index (χ4n) is 3.85. The smallest absolute Gasteiger partial charge is 0.216 e. The standard InChI is InChI=1S/C22H35NO3S/c1-5-6-7-18-8-10-19(11-9-18)16-22(24)20-12-14-21(15-13-20)23(4)27(25,26)17(2)3/h8-11,17,20-21H,5-7,12-16H2,1-4H3. The minimum absolute atomic E-state index is 0.0271. The van der Waals surface area contributed by atoms with Crippen LogP contribution in [0.3, 0.4) is 0 Å². The van der Waals surface area contributed by atoms with Crippen LogP contribution < -0.4 is 0 Å². The Hall–Kier alpha value is -1.20. The van der Waals surface area contributed by atoms with Crippen LogP contribution in [0, 0.1) is 5.92 Å². The first-order chi connectivity index (χ1) is 12.8. The minimum Gasteiger partial charge on any atom is -0.299 e. The third-order valence-corrected chi connectivity index (χ3v) is 8.18. The maximum atomic E-state index is 12.7. The van der Waals surface area contributed by atoms with Crippen molar-refractivity contribution in [3.8, 4) is 0 Å². The molecule has 4 nitrogen and oxygen atoms in total. The molecule has 152 valence electrons. The highest BCUT2D eigenvalue weighted by Crippen LogP contribution is 2.30. The predicted octanol–water partition coefficient (Wildman–Crippen LogP) is 4.37. The molecule has 1 aromatic carbocycles. The van der Waals surface area contributed by atoms with Crippen LogP contribution >= 0.6 is 0 Å². The molecule has 2 rings (SSSR count). The summed E-state index contributed by atoms with van der Waals surface area (Å²) in [5, 5.41) is -0.401. The van der Waals surface area contributed by atoms with Gasteiger partial charge in [-0.25, -0.2) is 12.7 Å². The highest BCUT2D eigenvalue weighted by atomic mass is 32.2. The van der Waals surface area contributed by atoms with E-state index < -0.39 is 15.3 Å². The summed E-state index contributed by atoms with van der Waals surface area (Å²) >= 11 is 0. The van der Waals surface area contributed by atoms with Gasteiger partial charge in [0.15, 0.2) is 0 Å². The lowest BCUT2D eigenvalue weighted by Crippen LogP contribution is -2.43. The number of nitrogens with zero attached hydrogens (tertiary/aromatic N) is 1. The summed E-state index contributed by atoms with van der Waals surface area (Å²) in [4.78, 5) is 12.7. The molecule has 0 aliphatic heterocycles. The fraction of sp³-hybridized carbons (Fsp3) is 0.682. The number of rotatable bonds is 9. The number of carbonyl (C=O) groups excluding carboxylic acids is 1. The van der Waals surface area contributed by atoms with E-state index in [2.05, 4.69) is 31.2 Å². The zero-order valence-electron chi connectivity index (χ0n) is 17.3. The van der Waals surface area contributed by atoms with Crippen molar-refractivity contribution in [3.05, 3.63) is 35.4 Å². The molecule has 0 unspecified atom stereocenters. The van der Waals surface area contributed by atoms with Gasteiger partial charge >= 0.3 is 0 Å². The second-order valence-electron chi connectivity index (χ2n) is 8.18. The maximum absolute atomic E-state index is 12.7. The Balaban J connectivity index is 1.86. The largest absolute Gasteiger partial charge is 0.299 e. The number of unbranched alkanes of at least 4 members (excludes halogenated alkanes) is 1. The highest BCUT2D eigenvalue weighted by Gasteiger charge is 2.33. The molecule has 1 aliphatic rings. The molecule has 0 amide bonds. The zero-order chi connectivity index (χ0) is 20.0. The summed E-state index contributed by atoms with van der Waals surface area (Å²) in [6.45, 7) is 5.63. The molecule has 27 heavy (non-hydrogen) atoms. The second kappa shape index (κ2) is 9.83. The lowest BCUT2D eigenvalue weighted by atomic mass is 9.82. The number of carbonyl (C=O) groups is 1. The van der Waals surface area contributed by atoms with Crippen molar-refractivity contribution in [2.45, 2.75) is 83.4 Å². The van der Waals surface area contributed by atoms with Crippen LogP contribution in [-0.2, 0) is 27.7 Å². The Morgan fingerprint density at radius 1 is 1.07 bits per heavy atom. The van der Waals surface area contributed by atoms with Crippen LogP contribution in [-0.4, -0.2) is 36.8 Å². The number of hydrogen-bond acceptors (Lipinski definition) is 3. The molecule has 0 heterocycles. The molecular formula is C22H35NO3S.